The van der Waals surface area contributed by atoms with Crippen molar-refractivity contribution in [3.05, 3.63) is 29.6 Å². The van der Waals surface area contributed by atoms with Crippen LogP contribution in [-0.4, -0.2) is 29.7 Å². The molecule has 0 atom stereocenters. The van der Waals surface area contributed by atoms with E-state index in [0.29, 0.717) is 0 Å². The van der Waals surface area contributed by atoms with Crippen molar-refractivity contribution >= 4 is 17.6 Å². The number of halogens is 1. The largest absolute Gasteiger partial charge is 0.478 e. The SMILES string of the molecule is COC(C)(C)C(=O)Nc1ccc(C(=O)O)c(F)c1. The smallest absolute Gasteiger partial charge is 0.338 e. The molecule has 0 saturated carbocycles. The number of carbonyl (C=O) groups excluding carboxylic acids is 1. The summed E-state index contributed by atoms with van der Waals surface area (Å²) in [4.78, 5) is 22.3. The van der Waals surface area contributed by atoms with Gasteiger partial charge < -0.3 is 15.2 Å². The summed E-state index contributed by atoms with van der Waals surface area (Å²) in [7, 11) is 1.38. The number of methoxy groups -OCH3 is 1. The van der Waals surface area contributed by atoms with Gasteiger partial charge in [-0.25, -0.2) is 9.18 Å². The van der Waals surface area contributed by atoms with E-state index in [1.54, 1.807) is 13.8 Å². The molecule has 6 heteroatoms. The first-order valence-corrected chi connectivity index (χ1v) is 5.17. The van der Waals surface area contributed by atoms with Gasteiger partial charge in [0.25, 0.3) is 5.91 Å². The summed E-state index contributed by atoms with van der Waals surface area (Å²) in [5, 5.41) is 11.1. The number of amides is 1. The Morgan fingerprint density at radius 2 is 2.00 bits per heavy atom. The lowest BCUT2D eigenvalue weighted by atomic mass is 10.1. The normalized spacial score (nSPS) is 11.1. The Morgan fingerprint density at radius 1 is 1.39 bits per heavy atom. The highest BCUT2D eigenvalue weighted by molar-refractivity contribution is 5.97. The third-order valence-electron chi connectivity index (χ3n) is 2.51. The van der Waals surface area contributed by atoms with Crippen LogP contribution in [0.1, 0.15) is 24.2 Å². The van der Waals surface area contributed by atoms with Crippen LogP contribution in [0.4, 0.5) is 10.1 Å². The van der Waals surface area contributed by atoms with Gasteiger partial charge in [0.1, 0.15) is 11.4 Å². The maximum atomic E-state index is 13.4. The van der Waals surface area contributed by atoms with Gasteiger partial charge in [-0.05, 0) is 32.0 Å². The summed E-state index contributed by atoms with van der Waals surface area (Å²) in [6.45, 7) is 3.12. The highest BCUT2D eigenvalue weighted by Crippen LogP contribution is 2.17. The van der Waals surface area contributed by atoms with Gasteiger partial charge in [-0.2, -0.15) is 0 Å². The molecule has 0 unspecified atom stereocenters. The van der Waals surface area contributed by atoms with E-state index in [9.17, 15) is 14.0 Å². The molecular formula is C12H14FNO4. The van der Waals surface area contributed by atoms with Crippen LogP contribution in [0.3, 0.4) is 0 Å². The predicted octanol–water partition coefficient (Wildman–Crippen LogP) is 1.89. The van der Waals surface area contributed by atoms with Crippen LogP contribution in [0.15, 0.2) is 18.2 Å². The van der Waals surface area contributed by atoms with Crippen LogP contribution < -0.4 is 5.32 Å². The second-order valence-electron chi connectivity index (χ2n) is 4.17. The van der Waals surface area contributed by atoms with Crippen molar-refractivity contribution < 1.29 is 23.8 Å². The van der Waals surface area contributed by atoms with Gasteiger partial charge in [-0.1, -0.05) is 0 Å². The Hall–Kier alpha value is -1.95. The minimum atomic E-state index is -1.36. The summed E-state index contributed by atoms with van der Waals surface area (Å²) < 4.78 is 18.3. The number of aromatic carboxylic acids is 1. The molecule has 0 fully saturated rings. The Morgan fingerprint density at radius 3 is 2.44 bits per heavy atom. The first kappa shape index (κ1) is 14.1. The van der Waals surface area contributed by atoms with Crippen LogP contribution in [0.2, 0.25) is 0 Å². The van der Waals surface area contributed by atoms with E-state index in [4.69, 9.17) is 9.84 Å². The van der Waals surface area contributed by atoms with Gasteiger partial charge >= 0.3 is 5.97 Å². The second kappa shape index (κ2) is 5.14. The highest BCUT2D eigenvalue weighted by atomic mass is 19.1. The summed E-state index contributed by atoms with van der Waals surface area (Å²) >= 11 is 0. The molecule has 0 aliphatic rings. The van der Waals surface area contributed by atoms with Crippen LogP contribution in [0.25, 0.3) is 0 Å². The van der Waals surface area contributed by atoms with Crippen molar-refractivity contribution in [3.63, 3.8) is 0 Å². The summed E-state index contributed by atoms with van der Waals surface area (Å²) in [6, 6.07) is 3.36. The quantitative estimate of drug-likeness (QED) is 0.861. The lowest BCUT2D eigenvalue weighted by Crippen LogP contribution is -2.38. The Bertz CT molecular complexity index is 485. The van der Waals surface area contributed by atoms with E-state index < -0.39 is 28.9 Å². The first-order chi connectivity index (χ1) is 8.27. The van der Waals surface area contributed by atoms with Crippen molar-refractivity contribution in [3.8, 4) is 0 Å². The van der Waals surface area contributed by atoms with E-state index in [1.165, 1.54) is 13.2 Å². The van der Waals surface area contributed by atoms with E-state index in [2.05, 4.69) is 5.32 Å². The highest BCUT2D eigenvalue weighted by Gasteiger charge is 2.27. The zero-order valence-corrected chi connectivity index (χ0v) is 10.3. The number of carbonyl (C=O) groups is 2. The minimum Gasteiger partial charge on any atom is -0.478 e. The number of nitrogens with one attached hydrogen (secondary N) is 1. The molecule has 1 rings (SSSR count). The molecule has 1 aromatic carbocycles. The molecule has 0 saturated heterocycles. The number of hydrogen-bond donors (Lipinski definition) is 2. The number of hydrogen-bond acceptors (Lipinski definition) is 3. The standard InChI is InChI=1S/C12H14FNO4/c1-12(2,18-3)11(17)14-7-4-5-8(10(15)16)9(13)6-7/h4-6H,1-3H3,(H,14,17)(H,15,16). The summed E-state index contributed by atoms with van der Waals surface area (Å²) in [6.07, 6.45) is 0. The minimum absolute atomic E-state index is 0.174. The number of ether oxygens (including phenoxy) is 1. The van der Waals surface area contributed by atoms with Crippen LogP contribution in [0, 0.1) is 5.82 Å². The molecule has 0 aromatic heterocycles. The number of carboxylic acids is 1. The van der Waals surface area contributed by atoms with Crippen molar-refractivity contribution in [1.82, 2.24) is 0 Å². The molecule has 0 heterocycles. The fraction of sp³-hybridized carbons (Fsp3) is 0.333. The number of benzene rings is 1. The fourth-order valence-electron chi connectivity index (χ4n) is 1.14. The van der Waals surface area contributed by atoms with Crippen molar-refractivity contribution in [2.45, 2.75) is 19.4 Å². The van der Waals surface area contributed by atoms with E-state index in [0.717, 1.165) is 12.1 Å². The van der Waals surface area contributed by atoms with Gasteiger partial charge in [0, 0.05) is 12.8 Å². The maximum absolute atomic E-state index is 13.4. The molecule has 5 nitrogen and oxygen atoms in total. The van der Waals surface area contributed by atoms with Crippen molar-refractivity contribution in [2.24, 2.45) is 0 Å². The van der Waals surface area contributed by atoms with E-state index in [1.807, 2.05) is 0 Å². The molecule has 0 spiro atoms. The van der Waals surface area contributed by atoms with Crippen molar-refractivity contribution in [2.75, 3.05) is 12.4 Å². The van der Waals surface area contributed by atoms with Gasteiger partial charge in [0.2, 0.25) is 0 Å². The zero-order chi connectivity index (χ0) is 13.9. The average molecular weight is 255 g/mol. The Balaban J connectivity index is 2.91. The zero-order valence-electron chi connectivity index (χ0n) is 10.3. The maximum Gasteiger partial charge on any atom is 0.338 e. The first-order valence-electron chi connectivity index (χ1n) is 5.17. The Kier molecular flexibility index (Phi) is 4.03. The topological polar surface area (TPSA) is 75.6 Å². The molecule has 1 aromatic rings. The van der Waals surface area contributed by atoms with Gasteiger partial charge in [0.05, 0.1) is 5.56 Å². The number of anilines is 1. The molecule has 18 heavy (non-hydrogen) atoms. The lowest BCUT2D eigenvalue weighted by molar-refractivity contribution is -0.133. The average Bonchev–Trinajstić information content (AvgIpc) is 2.28. The molecule has 98 valence electrons. The number of rotatable bonds is 4. The molecule has 0 aliphatic heterocycles. The fourth-order valence-corrected chi connectivity index (χ4v) is 1.14. The third-order valence-corrected chi connectivity index (χ3v) is 2.51. The second-order valence-corrected chi connectivity index (χ2v) is 4.17. The van der Waals surface area contributed by atoms with Gasteiger partial charge in [0.15, 0.2) is 0 Å². The lowest BCUT2D eigenvalue weighted by Gasteiger charge is -2.21. The van der Waals surface area contributed by atoms with Crippen LogP contribution in [-0.2, 0) is 9.53 Å². The third kappa shape index (κ3) is 3.04. The van der Waals surface area contributed by atoms with Gasteiger partial charge in [-0.15, -0.1) is 0 Å². The Labute approximate surface area is 104 Å². The monoisotopic (exact) mass is 255 g/mol. The molecule has 2 N–H and O–H groups in total. The molecule has 0 bridgehead atoms. The van der Waals surface area contributed by atoms with E-state index >= 15 is 0 Å². The molecular weight excluding hydrogens is 241 g/mol. The number of carboxylic acid groups (broad SMARTS) is 1. The van der Waals surface area contributed by atoms with E-state index in [-0.39, 0.29) is 5.69 Å². The predicted molar refractivity (Wildman–Crippen MR) is 63.1 cm³/mol. The molecule has 0 aliphatic carbocycles. The van der Waals surface area contributed by atoms with Crippen LogP contribution >= 0.6 is 0 Å². The van der Waals surface area contributed by atoms with Crippen molar-refractivity contribution in [1.29, 1.82) is 0 Å². The summed E-state index contributed by atoms with van der Waals surface area (Å²) in [5.74, 6) is -2.72. The molecule has 1 amide bonds. The molecule has 0 radical (unpaired) electrons. The van der Waals surface area contributed by atoms with Gasteiger partial charge in [-0.3, -0.25) is 4.79 Å². The van der Waals surface area contributed by atoms with Crippen LogP contribution in [0.5, 0.6) is 0 Å². The summed E-state index contributed by atoms with van der Waals surface area (Å²) in [5.41, 5.74) is -1.33.